The van der Waals surface area contributed by atoms with Crippen LogP contribution in [0.5, 0.6) is 0 Å². The number of hydrogen-bond donors (Lipinski definition) is 1. The summed E-state index contributed by atoms with van der Waals surface area (Å²) < 4.78 is 4.78. The van der Waals surface area contributed by atoms with E-state index in [1.165, 1.54) is 11.8 Å². The number of carboxylic acid groups (broad SMARTS) is 1. The Hall–Kier alpha value is -1.00. The molecule has 1 saturated carbocycles. The molecule has 1 heterocycles. The summed E-state index contributed by atoms with van der Waals surface area (Å²) in [6, 6.07) is 8.04. The molecule has 3 rings (SSSR count). The van der Waals surface area contributed by atoms with Gasteiger partial charge in [-0.25, -0.2) is 0 Å². The van der Waals surface area contributed by atoms with Gasteiger partial charge in [0, 0.05) is 18.1 Å². The summed E-state index contributed by atoms with van der Waals surface area (Å²) in [4.78, 5) is 12.9. The van der Waals surface area contributed by atoms with Crippen molar-refractivity contribution in [1.82, 2.24) is 0 Å². The highest BCUT2D eigenvalue weighted by atomic mass is 32.2. The van der Waals surface area contributed by atoms with Gasteiger partial charge in [-0.05, 0) is 49.7 Å². The fourth-order valence-corrected chi connectivity index (χ4v) is 5.11. The molecule has 2 aliphatic rings. The average Bonchev–Trinajstić information content (AvgIpc) is 2.40. The van der Waals surface area contributed by atoms with Crippen LogP contribution in [-0.4, -0.2) is 29.0 Å². The second-order valence-corrected chi connectivity index (χ2v) is 7.56. The van der Waals surface area contributed by atoms with Crippen LogP contribution >= 0.6 is 11.8 Å². The molecule has 1 N–H and O–H groups in total. The predicted octanol–water partition coefficient (Wildman–Crippen LogP) is 3.50. The van der Waals surface area contributed by atoms with Gasteiger partial charge in [-0.1, -0.05) is 18.2 Å². The van der Waals surface area contributed by atoms with Gasteiger partial charge in [0.1, 0.15) is 4.75 Å². The Morgan fingerprint density at radius 2 is 1.90 bits per heavy atom. The number of aliphatic carboxylic acids is 1. The Morgan fingerprint density at radius 3 is 2.50 bits per heavy atom. The summed E-state index contributed by atoms with van der Waals surface area (Å²) in [6.45, 7) is 3.61. The molecular formula is C16H20O3S. The molecule has 1 saturated heterocycles. The van der Waals surface area contributed by atoms with Crippen LogP contribution in [-0.2, 0) is 9.53 Å². The van der Waals surface area contributed by atoms with E-state index < -0.39 is 10.7 Å². The van der Waals surface area contributed by atoms with Crippen LogP contribution in [0.2, 0.25) is 0 Å². The van der Waals surface area contributed by atoms with Crippen molar-refractivity contribution in [2.24, 2.45) is 5.41 Å². The summed E-state index contributed by atoms with van der Waals surface area (Å²) in [7, 11) is 0. The summed E-state index contributed by atoms with van der Waals surface area (Å²) in [5.41, 5.74) is 1.37. The number of aryl methyl sites for hydroxylation is 1. The summed E-state index contributed by atoms with van der Waals surface area (Å²) in [5.74, 6) is -0.664. The number of hydrogen-bond acceptors (Lipinski definition) is 3. The predicted molar refractivity (Wildman–Crippen MR) is 79.1 cm³/mol. The number of rotatable bonds is 3. The van der Waals surface area contributed by atoms with Crippen molar-refractivity contribution in [2.45, 2.75) is 42.2 Å². The highest BCUT2D eigenvalue weighted by Crippen LogP contribution is 2.61. The van der Waals surface area contributed by atoms with Crippen LogP contribution in [0, 0.1) is 12.3 Å². The maximum absolute atomic E-state index is 11.8. The minimum absolute atomic E-state index is 0.215. The second-order valence-electron chi connectivity index (χ2n) is 6.13. The third-order valence-corrected chi connectivity index (χ3v) is 6.20. The van der Waals surface area contributed by atoms with Gasteiger partial charge in [0.15, 0.2) is 0 Å². The van der Waals surface area contributed by atoms with Gasteiger partial charge in [-0.3, -0.25) is 4.79 Å². The average molecular weight is 292 g/mol. The van der Waals surface area contributed by atoms with Gasteiger partial charge in [0.2, 0.25) is 0 Å². The SMILES string of the molecule is Cc1ccccc1SC1(C(=O)O)CC2(CCOCC2)C1. The maximum Gasteiger partial charge on any atom is 0.320 e. The van der Waals surface area contributed by atoms with Crippen molar-refractivity contribution >= 4 is 17.7 Å². The number of carbonyl (C=O) groups is 1. The van der Waals surface area contributed by atoms with E-state index in [9.17, 15) is 9.90 Å². The highest BCUT2D eigenvalue weighted by Gasteiger charge is 2.59. The molecule has 1 aliphatic heterocycles. The molecule has 2 fully saturated rings. The van der Waals surface area contributed by atoms with Crippen molar-refractivity contribution in [3.05, 3.63) is 29.8 Å². The zero-order chi connectivity index (χ0) is 14.2. The smallest absolute Gasteiger partial charge is 0.320 e. The van der Waals surface area contributed by atoms with E-state index in [1.807, 2.05) is 31.2 Å². The van der Waals surface area contributed by atoms with Gasteiger partial charge in [-0.15, -0.1) is 11.8 Å². The maximum atomic E-state index is 11.8. The van der Waals surface area contributed by atoms with Gasteiger partial charge < -0.3 is 9.84 Å². The Labute approximate surface area is 123 Å². The van der Waals surface area contributed by atoms with Gasteiger partial charge in [0.25, 0.3) is 0 Å². The van der Waals surface area contributed by atoms with E-state index in [1.54, 1.807) is 0 Å². The van der Waals surface area contributed by atoms with E-state index in [0.717, 1.165) is 49.4 Å². The summed E-state index contributed by atoms with van der Waals surface area (Å²) in [6.07, 6.45) is 3.57. The molecule has 3 nitrogen and oxygen atoms in total. The standard InChI is InChI=1S/C16H20O3S/c1-12-4-2-3-5-13(12)20-16(14(17)18)10-15(11-16)6-8-19-9-7-15/h2-5H,6-11H2,1H3,(H,17,18). The molecule has 1 aromatic rings. The molecule has 1 aromatic carbocycles. The van der Waals surface area contributed by atoms with Crippen LogP contribution in [0.3, 0.4) is 0 Å². The van der Waals surface area contributed by atoms with Gasteiger partial charge in [-0.2, -0.15) is 0 Å². The minimum Gasteiger partial charge on any atom is -0.480 e. The van der Waals surface area contributed by atoms with Crippen molar-refractivity contribution in [1.29, 1.82) is 0 Å². The molecule has 1 spiro atoms. The van der Waals surface area contributed by atoms with Crippen LogP contribution in [0.1, 0.15) is 31.2 Å². The van der Waals surface area contributed by atoms with E-state index in [-0.39, 0.29) is 5.41 Å². The van der Waals surface area contributed by atoms with E-state index in [2.05, 4.69) is 0 Å². The zero-order valence-electron chi connectivity index (χ0n) is 11.7. The molecule has 108 valence electrons. The van der Waals surface area contributed by atoms with Crippen molar-refractivity contribution in [3.8, 4) is 0 Å². The minimum atomic E-state index is -0.664. The number of benzene rings is 1. The molecule has 4 heteroatoms. The van der Waals surface area contributed by atoms with Crippen LogP contribution in [0.15, 0.2) is 29.2 Å². The van der Waals surface area contributed by atoms with Crippen LogP contribution in [0.25, 0.3) is 0 Å². The lowest BCUT2D eigenvalue weighted by molar-refractivity contribution is -0.150. The summed E-state index contributed by atoms with van der Waals surface area (Å²) in [5, 5.41) is 9.70. The Kier molecular flexibility index (Phi) is 3.55. The molecular weight excluding hydrogens is 272 g/mol. The third-order valence-electron chi connectivity index (χ3n) is 4.66. The number of carboxylic acids is 1. The first-order valence-electron chi connectivity index (χ1n) is 7.11. The largest absolute Gasteiger partial charge is 0.480 e. The lowest BCUT2D eigenvalue weighted by atomic mass is 9.57. The van der Waals surface area contributed by atoms with Gasteiger partial charge >= 0.3 is 5.97 Å². The molecule has 0 radical (unpaired) electrons. The quantitative estimate of drug-likeness (QED) is 0.926. The van der Waals surface area contributed by atoms with Crippen molar-refractivity contribution in [2.75, 3.05) is 13.2 Å². The Morgan fingerprint density at radius 1 is 1.25 bits per heavy atom. The molecule has 0 bridgehead atoms. The summed E-state index contributed by atoms with van der Waals surface area (Å²) >= 11 is 1.54. The first kappa shape index (κ1) is 14.0. The highest BCUT2D eigenvalue weighted by molar-refractivity contribution is 8.01. The lowest BCUT2D eigenvalue weighted by Crippen LogP contribution is -2.56. The molecule has 20 heavy (non-hydrogen) atoms. The molecule has 0 atom stereocenters. The zero-order valence-corrected chi connectivity index (χ0v) is 12.5. The first-order valence-corrected chi connectivity index (χ1v) is 7.93. The molecule has 0 amide bonds. The molecule has 0 unspecified atom stereocenters. The normalized spacial score (nSPS) is 23.2. The Bertz CT molecular complexity index is 512. The Balaban J connectivity index is 1.78. The monoisotopic (exact) mass is 292 g/mol. The van der Waals surface area contributed by atoms with E-state index >= 15 is 0 Å². The van der Waals surface area contributed by atoms with E-state index in [4.69, 9.17) is 4.74 Å². The van der Waals surface area contributed by atoms with Gasteiger partial charge in [0.05, 0.1) is 0 Å². The van der Waals surface area contributed by atoms with Crippen LogP contribution < -0.4 is 0 Å². The van der Waals surface area contributed by atoms with Crippen molar-refractivity contribution in [3.63, 3.8) is 0 Å². The fourth-order valence-electron chi connectivity index (χ4n) is 3.47. The van der Waals surface area contributed by atoms with E-state index in [0.29, 0.717) is 0 Å². The lowest BCUT2D eigenvalue weighted by Gasteiger charge is -2.55. The molecule has 0 aromatic heterocycles. The van der Waals surface area contributed by atoms with Crippen LogP contribution in [0.4, 0.5) is 0 Å². The number of ether oxygens (including phenoxy) is 1. The third kappa shape index (κ3) is 2.35. The second kappa shape index (κ2) is 5.08. The topological polar surface area (TPSA) is 46.5 Å². The van der Waals surface area contributed by atoms with Crippen molar-refractivity contribution < 1.29 is 14.6 Å². The number of thioether (sulfide) groups is 1. The first-order chi connectivity index (χ1) is 9.55. The fraction of sp³-hybridized carbons (Fsp3) is 0.562. The molecule has 1 aliphatic carbocycles.